The molecule has 3 aromatic rings. The quantitative estimate of drug-likeness (QED) is 0.679. The summed E-state index contributed by atoms with van der Waals surface area (Å²) in [6.45, 7) is 2.80. The maximum Gasteiger partial charge on any atom is 0.292 e. The van der Waals surface area contributed by atoms with Crippen LogP contribution in [0.3, 0.4) is 0 Å². The second kappa shape index (κ2) is 7.27. The normalized spacial score (nSPS) is 16.5. The van der Waals surface area contributed by atoms with Gasteiger partial charge in [-0.3, -0.25) is 4.79 Å². The van der Waals surface area contributed by atoms with Gasteiger partial charge in [-0.25, -0.2) is 0 Å². The van der Waals surface area contributed by atoms with E-state index in [0.717, 1.165) is 30.7 Å². The number of amides is 1. The van der Waals surface area contributed by atoms with E-state index in [1.54, 1.807) is 13.2 Å². The van der Waals surface area contributed by atoms with Crippen LogP contribution in [0.25, 0.3) is 11.3 Å². The van der Waals surface area contributed by atoms with E-state index >= 15 is 0 Å². The van der Waals surface area contributed by atoms with Crippen molar-refractivity contribution in [3.63, 3.8) is 0 Å². The molecule has 5 nitrogen and oxygen atoms in total. The zero-order valence-electron chi connectivity index (χ0n) is 15.5. The third-order valence-corrected chi connectivity index (χ3v) is 5.03. The summed E-state index contributed by atoms with van der Waals surface area (Å²) >= 11 is 0. The number of hydrogen-bond acceptors (Lipinski definition) is 4. The summed E-state index contributed by atoms with van der Waals surface area (Å²) in [6.07, 6.45) is 1.95. The fraction of sp³-hybridized carbons (Fsp3) is 0.273. The molecule has 1 amide bonds. The van der Waals surface area contributed by atoms with Gasteiger partial charge in [0.25, 0.3) is 5.91 Å². The molecule has 0 spiro atoms. The maximum absolute atomic E-state index is 13.1. The van der Waals surface area contributed by atoms with Crippen LogP contribution in [-0.2, 0) is 0 Å². The zero-order valence-corrected chi connectivity index (χ0v) is 15.5. The molecule has 27 heavy (non-hydrogen) atoms. The smallest absolute Gasteiger partial charge is 0.292 e. The van der Waals surface area contributed by atoms with E-state index in [-0.39, 0.29) is 17.7 Å². The van der Waals surface area contributed by atoms with E-state index in [0.29, 0.717) is 5.69 Å². The van der Waals surface area contributed by atoms with Gasteiger partial charge >= 0.3 is 0 Å². The van der Waals surface area contributed by atoms with Gasteiger partial charge in [0.1, 0.15) is 11.4 Å². The van der Waals surface area contributed by atoms with Crippen LogP contribution in [0, 0.1) is 6.92 Å². The first kappa shape index (κ1) is 17.3. The molecular formula is C22H22N2O3. The molecule has 0 unspecified atom stereocenters. The Morgan fingerprint density at radius 1 is 1.19 bits per heavy atom. The average molecular weight is 362 g/mol. The lowest BCUT2D eigenvalue weighted by molar-refractivity contribution is 0.0693. The molecule has 1 atom stereocenters. The van der Waals surface area contributed by atoms with Crippen LogP contribution < -0.4 is 4.74 Å². The summed E-state index contributed by atoms with van der Waals surface area (Å²) in [5.74, 6) is 0.899. The highest BCUT2D eigenvalue weighted by molar-refractivity contribution is 5.93. The van der Waals surface area contributed by atoms with E-state index in [2.05, 4.69) is 30.3 Å². The molecular weight excluding hydrogens is 340 g/mol. The lowest BCUT2D eigenvalue weighted by atomic mass is 10.0. The number of likely N-dealkylation sites (tertiary alicyclic amines) is 1. The SMILES string of the molecule is COc1cccc(-c2cc(C(=O)N3CCC[C@@H]3c3cccc(C)c3)on2)c1. The molecule has 5 heteroatoms. The zero-order chi connectivity index (χ0) is 18.8. The van der Waals surface area contributed by atoms with Crippen LogP contribution in [0.2, 0.25) is 0 Å². The number of hydrogen-bond donors (Lipinski definition) is 0. The van der Waals surface area contributed by atoms with E-state index in [1.165, 1.54) is 11.1 Å². The molecule has 1 fully saturated rings. The number of aryl methyl sites for hydroxylation is 1. The molecule has 0 bridgehead atoms. The van der Waals surface area contributed by atoms with Crippen molar-refractivity contribution in [1.29, 1.82) is 0 Å². The summed E-state index contributed by atoms with van der Waals surface area (Å²) in [7, 11) is 1.62. The molecule has 0 saturated carbocycles. The highest BCUT2D eigenvalue weighted by atomic mass is 16.5. The van der Waals surface area contributed by atoms with Crippen LogP contribution >= 0.6 is 0 Å². The molecule has 1 aliphatic rings. The van der Waals surface area contributed by atoms with Gasteiger partial charge in [-0.15, -0.1) is 0 Å². The van der Waals surface area contributed by atoms with Gasteiger partial charge in [0, 0.05) is 18.2 Å². The molecule has 1 saturated heterocycles. The average Bonchev–Trinajstić information content (AvgIpc) is 3.37. The predicted octanol–water partition coefficient (Wildman–Crippen LogP) is 4.64. The minimum absolute atomic E-state index is 0.0859. The molecule has 138 valence electrons. The largest absolute Gasteiger partial charge is 0.497 e. The van der Waals surface area contributed by atoms with Crippen molar-refractivity contribution < 1.29 is 14.1 Å². The lowest BCUT2D eigenvalue weighted by Crippen LogP contribution is -2.30. The molecule has 0 radical (unpaired) electrons. The van der Waals surface area contributed by atoms with Gasteiger partial charge in [0.2, 0.25) is 5.76 Å². The number of aromatic nitrogens is 1. The van der Waals surface area contributed by atoms with Crippen LogP contribution in [0.5, 0.6) is 5.75 Å². The number of benzene rings is 2. The Balaban J connectivity index is 1.58. The van der Waals surface area contributed by atoms with Crippen molar-refractivity contribution in [3.05, 3.63) is 71.5 Å². The fourth-order valence-electron chi connectivity index (χ4n) is 3.67. The van der Waals surface area contributed by atoms with Crippen molar-refractivity contribution in [2.45, 2.75) is 25.8 Å². The van der Waals surface area contributed by atoms with Crippen LogP contribution in [0.4, 0.5) is 0 Å². The third kappa shape index (κ3) is 3.45. The molecule has 1 aromatic heterocycles. The topological polar surface area (TPSA) is 55.6 Å². The predicted molar refractivity (Wildman–Crippen MR) is 103 cm³/mol. The van der Waals surface area contributed by atoms with Crippen LogP contribution in [0.15, 0.2) is 59.1 Å². The number of methoxy groups -OCH3 is 1. The molecule has 1 aliphatic heterocycles. The van der Waals surface area contributed by atoms with Gasteiger partial charge in [-0.2, -0.15) is 0 Å². The van der Waals surface area contributed by atoms with Crippen molar-refractivity contribution in [2.75, 3.05) is 13.7 Å². The minimum atomic E-state index is -0.111. The van der Waals surface area contributed by atoms with Gasteiger partial charge in [0.05, 0.1) is 13.2 Å². The number of carbonyl (C=O) groups is 1. The summed E-state index contributed by atoms with van der Waals surface area (Å²) < 4.78 is 10.6. The Morgan fingerprint density at radius 2 is 2.04 bits per heavy atom. The fourth-order valence-corrected chi connectivity index (χ4v) is 3.67. The summed E-state index contributed by atoms with van der Waals surface area (Å²) in [5.41, 5.74) is 3.86. The van der Waals surface area contributed by atoms with E-state index < -0.39 is 0 Å². The van der Waals surface area contributed by atoms with Gasteiger partial charge in [0.15, 0.2) is 0 Å². The maximum atomic E-state index is 13.1. The highest BCUT2D eigenvalue weighted by Crippen LogP contribution is 2.34. The second-order valence-corrected chi connectivity index (χ2v) is 6.88. The summed E-state index contributed by atoms with van der Waals surface area (Å²) in [5, 5.41) is 4.09. The monoisotopic (exact) mass is 362 g/mol. The van der Waals surface area contributed by atoms with E-state index in [9.17, 15) is 4.79 Å². The van der Waals surface area contributed by atoms with Crippen molar-refractivity contribution in [2.24, 2.45) is 0 Å². The molecule has 0 N–H and O–H groups in total. The van der Waals surface area contributed by atoms with Gasteiger partial charge < -0.3 is 14.2 Å². The van der Waals surface area contributed by atoms with Gasteiger partial charge in [-0.1, -0.05) is 47.1 Å². The number of nitrogens with zero attached hydrogens (tertiary/aromatic N) is 2. The Morgan fingerprint density at radius 3 is 2.85 bits per heavy atom. The van der Waals surface area contributed by atoms with E-state index in [1.807, 2.05) is 35.2 Å². The standard InChI is InChI=1S/C22H22N2O3/c1-15-6-3-8-17(12-15)20-10-5-11-24(20)22(25)21-14-19(23-27-21)16-7-4-9-18(13-16)26-2/h3-4,6-9,12-14,20H,5,10-11H2,1-2H3/t20-/m1/s1. The van der Waals surface area contributed by atoms with Crippen molar-refractivity contribution in [1.82, 2.24) is 10.1 Å². The molecule has 2 heterocycles. The summed E-state index contributed by atoms with van der Waals surface area (Å²) in [6, 6.07) is 17.7. The van der Waals surface area contributed by atoms with Crippen molar-refractivity contribution >= 4 is 5.91 Å². The van der Waals surface area contributed by atoms with Crippen LogP contribution in [0.1, 0.15) is 40.6 Å². The van der Waals surface area contributed by atoms with Gasteiger partial charge in [-0.05, 0) is 37.5 Å². The Labute approximate surface area is 158 Å². The molecule has 2 aromatic carbocycles. The Bertz CT molecular complexity index is 963. The highest BCUT2D eigenvalue weighted by Gasteiger charge is 2.32. The summed E-state index contributed by atoms with van der Waals surface area (Å²) in [4.78, 5) is 14.9. The van der Waals surface area contributed by atoms with E-state index in [4.69, 9.17) is 9.26 Å². The number of carbonyl (C=O) groups excluding carboxylic acids is 1. The Kier molecular flexibility index (Phi) is 4.67. The molecule has 4 rings (SSSR count). The Hall–Kier alpha value is -3.08. The molecule has 0 aliphatic carbocycles. The second-order valence-electron chi connectivity index (χ2n) is 6.88. The first-order valence-corrected chi connectivity index (χ1v) is 9.14. The first-order chi connectivity index (χ1) is 13.2. The number of ether oxygens (including phenoxy) is 1. The first-order valence-electron chi connectivity index (χ1n) is 9.14. The number of rotatable bonds is 4. The lowest BCUT2D eigenvalue weighted by Gasteiger charge is -2.24. The minimum Gasteiger partial charge on any atom is -0.497 e. The van der Waals surface area contributed by atoms with Crippen LogP contribution in [-0.4, -0.2) is 29.6 Å². The third-order valence-electron chi connectivity index (χ3n) is 5.03. The van der Waals surface area contributed by atoms with Crippen molar-refractivity contribution in [3.8, 4) is 17.0 Å².